The predicted molar refractivity (Wildman–Crippen MR) is 64.6 cm³/mol. The highest BCUT2D eigenvalue weighted by atomic mass is 16.5. The largest absolute Gasteiger partial charge is 0.397 e. The van der Waals surface area contributed by atoms with E-state index in [9.17, 15) is 0 Å². The number of benzene rings is 1. The van der Waals surface area contributed by atoms with Crippen LogP contribution < -0.4 is 10.6 Å². The first-order valence-electron chi connectivity index (χ1n) is 5.54. The first kappa shape index (κ1) is 11.2. The maximum absolute atomic E-state index is 9.09. The van der Waals surface area contributed by atoms with Crippen LogP contribution >= 0.6 is 0 Å². The molecule has 2 rings (SSSR count). The molecule has 0 bridgehead atoms. The zero-order chi connectivity index (χ0) is 11.5. The van der Waals surface area contributed by atoms with Crippen LogP contribution in [-0.4, -0.2) is 37.5 Å². The van der Waals surface area contributed by atoms with E-state index in [1.165, 1.54) is 0 Å². The van der Waals surface area contributed by atoms with Gasteiger partial charge in [-0.2, -0.15) is 0 Å². The van der Waals surface area contributed by atoms with Crippen LogP contribution in [-0.2, 0) is 4.74 Å². The zero-order valence-electron chi connectivity index (χ0n) is 9.52. The number of aliphatic hydroxyl groups excluding tert-OH is 1. The van der Waals surface area contributed by atoms with Crippen LogP contribution in [0.2, 0.25) is 0 Å². The Morgan fingerprint density at radius 2 is 2.38 bits per heavy atom. The number of rotatable bonds is 2. The third-order valence-electron chi connectivity index (χ3n) is 2.87. The Morgan fingerprint density at radius 1 is 1.56 bits per heavy atom. The number of nitrogens with two attached hydrogens (primary N) is 1. The second-order valence-electron chi connectivity index (χ2n) is 4.18. The smallest absolute Gasteiger partial charge is 0.0980 e. The molecule has 1 aromatic carbocycles. The third kappa shape index (κ3) is 2.28. The van der Waals surface area contributed by atoms with Crippen LogP contribution in [0.5, 0.6) is 0 Å². The lowest BCUT2D eigenvalue weighted by atomic mass is 10.1. The number of hydrogen-bond acceptors (Lipinski definition) is 4. The molecule has 4 heteroatoms. The maximum Gasteiger partial charge on any atom is 0.0980 e. The van der Waals surface area contributed by atoms with Gasteiger partial charge in [0.2, 0.25) is 0 Å². The molecule has 1 heterocycles. The first-order valence-corrected chi connectivity index (χ1v) is 5.54. The molecule has 1 aliphatic rings. The molecule has 1 saturated heterocycles. The number of aryl methyl sites for hydroxylation is 1. The Bertz CT molecular complexity index is 368. The molecule has 0 saturated carbocycles. The molecular weight excluding hydrogens is 204 g/mol. The van der Waals surface area contributed by atoms with Gasteiger partial charge in [0.15, 0.2) is 0 Å². The fraction of sp³-hybridized carbons (Fsp3) is 0.500. The molecule has 1 aliphatic heterocycles. The van der Waals surface area contributed by atoms with Crippen molar-refractivity contribution in [2.24, 2.45) is 0 Å². The SMILES string of the molecule is Cc1ccc(N2CCOC(CO)C2)c(N)c1. The van der Waals surface area contributed by atoms with E-state index in [0.29, 0.717) is 13.2 Å². The van der Waals surface area contributed by atoms with Crippen molar-refractivity contribution >= 4 is 11.4 Å². The minimum absolute atomic E-state index is 0.0578. The lowest BCUT2D eigenvalue weighted by Gasteiger charge is -2.34. The van der Waals surface area contributed by atoms with Crippen LogP contribution in [0.1, 0.15) is 5.56 Å². The average Bonchev–Trinajstić information content (AvgIpc) is 2.29. The van der Waals surface area contributed by atoms with E-state index >= 15 is 0 Å². The number of anilines is 2. The van der Waals surface area contributed by atoms with E-state index in [1.807, 2.05) is 19.1 Å². The highest BCUT2D eigenvalue weighted by molar-refractivity contribution is 5.68. The van der Waals surface area contributed by atoms with Crippen molar-refractivity contribution in [2.75, 3.05) is 36.9 Å². The summed E-state index contributed by atoms with van der Waals surface area (Å²) in [5, 5.41) is 9.09. The second kappa shape index (κ2) is 4.72. The van der Waals surface area contributed by atoms with Crippen LogP contribution in [0.3, 0.4) is 0 Å². The van der Waals surface area contributed by atoms with Crippen molar-refractivity contribution in [3.63, 3.8) is 0 Å². The van der Waals surface area contributed by atoms with Crippen molar-refractivity contribution in [3.8, 4) is 0 Å². The van der Waals surface area contributed by atoms with Crippen molar-refractivity contribution in [3.05, 3.63) is 23.8 Å². The van der Waals surface area contributed by atoms with Gasteiger partial charge in [0, 0.05) is 13.1 Å². The molecule has 1 atom stereocenters. The molecule has 0 radical (unpaired) electrons. The normalized spacial score (nSPS) is 21.1. The fourth-order valence-electron chi connectivity index (χ4n) is 2.01. The number of hydrogen-bond donors (Lipinski definition) is 2. The Hall–Kier alpha value is -1.26. The van der Waals surface area contributed by atoms with Gasteiger partial charge in [-0.15, -0.1) is 0 Å². The lowest BCUT2D eigenvalue weighted by molar-refractivity contribution is 0.00360. The van der Waals surface area contributed by atoms with Gasteiger partial charge in [-0.05, 0) is 24.6 Å². The van der Waals surface area contributed by atoms with Gasteiger partial charge in [0.05, 0.1) is 30.7 Å². The van der Waals surface area contributed by atoms with E-state index in [1.54, 1.807) is 0 Å². The summed E-state index contributed by atoms with van der Waals surface area (Å²) in [7, 11) is 0. The molecule has 16 heavy (non-hydrogen) atoms. The summed E-state index contributed by atoms with van der Waals surface area (Å²) in [4.78, 5) is 2.17. The van der Waals surface area contributed by atoms with Crippen LogP contribution in [0.4, 0.5) is 11.4 Å². The Balaban J connectivity index is 2.16. The van der Waals surface area contributed by atoms with E-state index in [-0.39, 0.29) is 12.7 Å². The molecule has 3 N–H and O–H groups in total. The van der Waals surface area contributed by atoms with E-state index in [4.69, 9.17) is 15.6 Å². The molecule has 1 unspecified atom stereocenters. The van der Waals surface area contributed by atoms with E-state index in [0.717, 1.165) is 23.5 Å². The Kier molecular flexibility index (Phi) is 3.31. The molecule has 4 nitrogen and oxygen atoms in total. The Morgan fingerprint density at radius 3 is 3.06 bits per heavy atom. The van der Waals surface area contributed by atoms with Gasteiger partial charge in [-0.1, -0.05) is 6.07 Å². The summed E-state index contributed by atoms with van der Waals surface area (Å²) >= 11 is 0. The number of ether oxygens (including phenoxy) is 1. The number of nitrogen functional groups attached to an aromatic ring is 1. The van der Waals surface area contributed by atoms with Crippen molar-refractivity contribution < 1.29 is 9.84 Å². The summed E-state index contributed by atoms with van der Waals surface area (Å²) < 4.78 is 5.41. The standard InChI is InChI=1S/C12H18N2O2/c1-9-2-3-12(11(13)6-9)14-4-5-16-10(7-14)8-15/h2-3,6,10,15H,4-5,7-8,13H2,1H3. The summed E-state index contributed by atoms with van der Waals surface area (Å²) in [6, 6.07) is 6.05. The van der Waals surface area contributed by atoms with Crippen LogP contribution in [0.15, 0.2) is 18.2 Å². The quantitative estimate of drug-likeness (QED) is 0.726. The molecule has 0 aliphatic carbocycles. The highest BCUT2D eigenvalue weighted by Crippen LogP contribution is 2.25. The number of nitrogens with zero attached hydrogens (tertiary/aromatic N) is 1. The van der Waals surface area contributed by atoms with Crippen molar-refractivity contribution in [1.82, 2.24) is 0 Å². The second-order valence-corrected chi connectivity index (χ2v) is 4.18. The van der Waals surface area contributed by atoms with Gasteiger partial charge in [-0.25, -0.2) is 0 Å². The zero-order valence-corrected chi connectivity index (χ0v) is 9.52. The summed E-state index contributed by atoms with van der Waals surface area (Å²) in [5.41, 5.74) is 8.98. The lowest BCUT2D eigenvalue weighted by Crippen LogP contribution is -2.44. The first-order chi connectivity index (χ1) is 7.70. The summed E-state index contributed by atoms with van der Waals surface area (Å²) in [6.45, 7) is 4.24. The predicted octanol–water partition coefficient (Wildman–Crippen LogP) is 0.775. The molecule has 1 aromatic rings. The van der Waals surface area contributed by atoms with Gasteiger partial charge in [0.25, 0.3) is 0 Å². The molecule has 0 spiro atoms. The monoisotopic (exact) mass is 222 g/mol. The maximum atomic E-state index is 9.09. The van der Waals surface area contributed by atoms with Gasteiger partial charge in [0.1, 0.15) is 0 Å². The number of aliphatic hydroxyl groups is 1. The van der Waals surface area contributed by atoms with Crippen molar-refractivity contribution in [2.45, 2.75) is 13.0 Å². The molecule has 88 valence electrons. The minimum atomic E-state index is -0.102. The van der Waals surface area contributed by atoms with Crippen molar-refractivity contribution in [1.29, 1.82) is 0 Å². The highest BCUT2D eigenvalue weighted by Gasteiger charge is 2.21. The molecule has 1 fully saturated rings. The fourth-order valence-corrected chi connectivity index (χ4v) is 2.01. The van der Waals surface area contributed by atoms with Gasteiger partial charge >= 0.3 is 0 Å². The van der Waals surface area contributed by atoms with E-state index < -0.39 is 0 Å². The molecular formula is C12H18N2O2. The third-order valence-corrected chi connectivity index (χ3v) is 2.87. The van der Waals surface area contributed by atoms with Gasteiger partial charge < -0.3 is 20.5 Å². The van der Waals surface area contributed by atoms with Crippen LogP contribution in [0.25, 0.3) is 0 Å². The Labute approximate surface area is 95.6 Å². The number of morpholine rings is 1. The topological polar surface area (TPSA) is 58.7 Å². The van der Waals surface area contributed by atoms with Gasteiger partial charge in [-0.3, -0.25) is 0 Å². The molecule has 0 aromatic heterocycles. The van der Waals surface area contributed by atoms with E-state index in [2.05, 4.69) is 11.0 Å². The minimum Gasteiger partial charge on any atom is -0.397 e. The molecule has 0 amide bonds. The average molecular weight is 222 g/mol. The van der Waals surface area contributed by atoms with Crippen LogP contribution in [0, 0.1) is 6.92 Å². The summed E-state index contributed by atoms with van der Waals surface area (Å²) in [5.74, 6) is 0. The summed E-state index contributed by atoms with van der Waals surface area (Å²) in [6.07, 6.45) is -0.102.